The van der Waals surface area contributed by atoms with E-state index in [9.17, 15) is 9.18 Å². The van der Waals surface area contributed by atoms with Gasteiger partial charge in [0.1, 0.15) is 5.82 Å². The normalized spacial score (nSPS) is 21.6. The maximum absolute atomic E-state index is 12.9. The Kier molecular flexibility index (Phi) is 1.49. The first-order valence-electron chi connectivity index (χ1n) is 4.50. The lowest BCUT2D eigenvalue weighted by Gasteiger charge is -2.23. The Hall–Kier alpha value is -1.03. The summed E-state index contributed by atoms with van der Waals surface area (Å²) in [6.07, 6.45) is 1.80. The highest BCUT2D eigenvalue weighted by atomic mass is 32.2. The minimum atomic E-state index is -0.277. The van der Waals surface area contributed by atoms with Crippen molar-refractivity contribution in [1.29, 1.82) is 0 Å². The Labute approximate surface area is 84.9 Å². The van der Waals surface area contributed by atoms with Crippen LogP contribution in [-0.4, -0.2) is 10.7 Å². The number of benzene rings is 1. The second kappa shape index (κ2) is 2.51. The summed E-state index contributed by atoms with van der Waals surface area (Å²) in [4.78, 5) is 12.4. The molecule has 1 aromatic rings. The average molecular weight is 209 g/mol. The van der Waals surface area contributed by atoms with Crippen LogP contribution in [0.15, 0.2) is 23.1 Å². The fourth-order valence-electron chi connectivity index (χ4n) is 1.62. The molecule has 1 saturated carbocycles. The number of rotatable bonds is 0. The molecule has 1 amide bonds. The summed E-state index contributed by atoms with van der Waals surface area (Å²) < 4.78 is 12.7. The van der Waals surface area contributed by atoms with Crippen LogP contribution in [0.3, 0.4) is 0 Å². The van der Waals surface area contributed by atoms with E-state index in [1.807, 2.05) is 0 Å². The first-order chi connectivity index (χ1) is 6.70. The number of amides is 1. The molecule has 0 unspecified atom stereocenters. The number of halogens is 1. The Morgan fingerprint density at radius 1 is 1.43 bits per heavy atom. The van der Waals surface area contributed by atoms with Crippen LogP contribution in [0.25, 0.3) is 0 Å². The van der Waals surface area contributed by atoms with Crippen LogP contribution in [0.4, 0.5) is 10.1 Å². The summed E-state index contributed by atoms with van der Waals surface area (Å²) >= 11 is 1.50. The molecule has 0 radical (unpaired) electrons. The van der Waals surface area contributed by atoms with E-state index in [1.165, 1.54) is 23.9 Å². The number of anilines is 1. The van der Waals surface area contributed by atoms with Gasteiger partial charge in [0.05, 0.1) is 10.4 Å². The second-order valence-corrected chi connectivity index (χ2v) is 5.12. The SMILES string of the molecule is O=C1Nc2ccc(F)cc2SC12CC2. The van der Waals surface area contributed by atoms with Gasteiger partial charge in [0.2, 0.25) is 5.91 Å². The predicted molar refractivity (Wildman–Crippen MR) is 52.9 cm³/mol. The van der Waals surface area contributed by atoms with Crippen LogP contribution in [0.5, 0.6) is 0 Å². The largest absolute Gasteiger partial charge is 0.324 e. The number of fused-ring (bicyclic) bond motifs is 1. The molecule has 72 valence electrons. The molecule has 0 atom stereocenters. The Morgan fingerprint density at radius 2 is 2.21 bits per heavy atom. The summed E-state index contributed by atoms with van der Waals surface area (Å²) in [5, 5.41) is 2.81. The van der Waals surface area contributed by atoms with Gasteiger partial charge in [0, 0.05) is 4.90 Å². The van der Waals surface area contributed by atoms with Crippen molar-refractivity contribution in [1.82, 2.24) is 0 Å². The van der Waals surface area contributed by atoms with E-state index in [2.05, 4.69) is 5.32 Å². The van der Waals surface area contributed by atoms with Crippen molar-refractivity contribution in [3.05, 3.63) is 24.0 Å². The molecule has 0 aromatic heterocycles. The third-order valence-corrected chi connectivity index (χ3v) is 4.16. The van der Waals surface area contributed by atoms with Gasteiger partial charge >= 0.3 is 0 Å². The third kappa shape index (κ3) is 1.07. The fraction of sp³-hybridized carbons (Fsp3) is 0.300. The van der Waals surface area contributed by atoms with Crippen LogP contribution in [0.1, 0.15) is 12.8 Å². The molecular formula is C10H8FNOS. The van der Waals surface area contributed by atoms with Crippen molar-refractivity contribution >= 4 is 23.4 Å². The smallest absolute Gasteiger partial charge is 0.241 e. The monoisotopic (exact) mass is 209 g/mol. The van der Waals surface area contributed by atoms with Gasteiger partial charge in [-0.25, -0.2) is 4.39 Å². The number of nitrogens with one attached hydrogen (secondary N) is 1. The van der Waals surface area contributed by atoms with Crippen LogP contribution in [0, 0.1) is 5.82 Å². The van der Waals surface area contributed by atoms with E-state index in [1.54, 1.807) is 6.07 Å². The topological polar surface area (TPSA) is 29.1 Å². The van der Waals surface area contributed by atoms with Gasteiger partial charge in [-0.3, -0.25) is 4.79 Å². The first-order valence-corrected chi connectivity index (χ1v) is 5.31. The van der Waals surface area contributed by atoms with Gasteiger partial charge in [-0.2, -0.15) is 0 Å². The summed E-state index contributed by atoms with van der Waals surface area (Å²) in [5.74, 6) is -0.176. The van der Waals surface area contributed by atoms with Crippen molar-refractivity contribution in [2.45, 2.75) is 22.5 Å². The maximum atomic E-state index is 12.9. The third-order valence-electron chi connectivity index (χ3n) is 2.62. The predicted octanol–water partition coefficient (Wildman–Crippen LogP) is 2.40. The fourth-order valence-corrected chi connectivity index (χ4v) is 2.89. The number of thioether (sulfide) groups is 1. The van der Waals surface area contributed by atoms with Crippen LogP contribution < -0.4 is 5.32 Å². The molecule has 1 aliphatic heterocycles. The molecule has 2 aliphatic rings. The van der Waals surface area contributed by atoms with Gasteiger partial charge in [-0.1, -0.05) is 0 Å². The number of hydrogen-bond donors (Lipinski definition) is 1. The molecular weight excluding hydrogens is 201 g/mol. The Morgan fingerprint density at radius 3 is 2.93 bits per heavy atom. The average Bonchev–Trinajstić information content (AvgIpc) is 2.89. The molecule has 1 N–H and O–H groups in total. The highest BCUT2D eigenvalue weighted by Crippen LogP contribution is 2.56. The molecule has 2 nitrogen and oxygen atoms in total. The van der Waals surface area contributed by atoms with E-state index < -0.39 is 0 Å². The number of carbonyl (C=O) groups is 1. The molecule has 1 fully saturated rings. The van der Waals surface area contributed by atoms with Crippen LogP contribution in [-0.2, 0) is 4.79 Å². The van der Waals surface area contributed by atoms with Crippen molar-refractivity contribution < 1.29 is 9.18 Å². The van der Waals surface area contributed by atoms with E-state index in [4.69, 9.17) is 0 Å². The molecule has 3 rings (SSSR count). The highest BCUT2D eigenvalue weighted by molar-refractivity contribution is 8.02. The lowest BCUT2D eigenvalue weighted by atomic mass is 10.2. The highest BCUT2D eigenvalue weighted by Gasteiger charge is 2.53. The Bertz CT molecular complexity index is 428. The van der Waals surface area contributed by atoms with E-state index in [0.29, 0.717) is 0 Å². The summed E-state index contributed by atoms with van der Waals surface area (Å²) in [5.41, 5.74) is 0.735. The van der Waals surface area contributed by atoms with Gasteiger partial charge in [-0.05, 0) is 31.0 Å². The molecule has 1 heterocycles. The minimum absolute atomic E-state index is 0.0709. The molecule has 1 aromatic carbocycles. The molecule has 1 aliphatic carbocycles. The molecule has 4 heteroatoms. The Balaban J connectivity index is 2.07. The van der Waals surface area contributed by atoms with Crippen LogP contribution in [0.2, 0.25) is 0 Å². The van der Waals surface area contributed by atoms with Crippen molar-refractivity contribution in [2.75, 3.05) is 5.32 Å². The van der Waals surface area contributed by atoms with Gasteiger partial charge in [0.25, 0.3) is 0 Å². The lowest BCUT2D eigenvalue weighted by Crippen LogP contribution is -2.30. The van der Waals surface area contributed by atoms with Crippen LogP contribution >= 0.6 is 11.8 Å². The van der Waals surface area contributed by atoms with Gasteiger partial charge in [-0.15, -0.1) is 11.8 Å². The van der Waals surface area contributed by atoms with Gasteiger partial charge in [0.15, 0.2) is 0 Å². The zero-order valence-corrected chi connectivity index (χ0v) is 8.16. The standard InChI is InChI=1S/C10H8FNOS/c11-6-1-2-7-8(5-6)14-10(3-4-10)9(13)12-7/h1-2,5H,3-4H2,(H,12,13). The zero-order chi connectivity index (χ0) is 9.76. The summed E-state index contributed by atoms with van der Waals surface area (Å²) in [6.45, 7) is 0. The summed E-state index contributed by atoms with van der Waals surface area (Å²) in [6, 6.07) is 4.47. The second-order valence-electron chi connectivity index (χ2n) is 3.69. The molecule has 0 saturated heterocycles. The minimum Gasteiger partial charge on any atom is -0.324 e. The molecule has 0 bridgehead atoms. The van der Waals surface area contributed by atoms with E-state index >= 15 is 0 Å². The number of hydrogen-bond acceptors (Lipinski definition) is 2. The lowest BCUT2D eigenvalue weighted by molar-refractivity contribution is -0.116. The first kappa shape index (κ1) is 8.29. The summed E-state index contributed by atoms with van der Waals surface area (Å²) in [7, 11) is 0. The maximum Gasteiger partial charge on any atom is 0.241 e. The van der Waals surface area contributed by atoms with Crippen molar-refractivity contribution in [2.24, 2.45) is 0 Å². The van der Waals surface area contributed by atoms with Crippen molar-refractivity contribution in [3.8, 4) is 0 Å². The molecule has 14 heavy (non-hydrogen) atoms. The van der Waals surface area contributed by atoms with Gasteiger partial charge < -0.3 is 5.32 Å². The van der Waals surface area contributed by atoms with Crippen molar-refractivity contribution in [3.63, 3.8) is 0 Å². The van der Waals surface area contributed by atoms with E-state index in [-0.39, 0.29) is 16.5 Å². The number of carbonyl (C=O) groups excluding carboxylic acids is 1. The van der Waals surface area contributed by atoms with E-state index in [0.717, 1.165) is 23.4 Å². The zero-order valence-electron chi connectivity index (χ0n) is 7.34. The molecule has 1 spiro atoms. The quantitative estimate of drug-likeness (QED) is 0.711.